The molecule has 0 saturated heterocycles. The number of carbonyl (C=O) groups excluding carboxylic acids is 1. The Balaban J connectivity index is 2.10. The zero-order valence-corrected chi connectivity index (χ0v) is 11.3. The molecule has 4 heteroatoms. The van der Waals surface area contributed by atoms with Crippen LogP contribution in [-0.2, 0) is 6.54 Å². The summed E-state index contributed by atoms with van der Waals surface area (Å²) < 4.78 is 0. The minimum atomic E-state index is -0.0110. The van der Waals surface area contributed by atoms with Gasteiger partial charge in [-0.1, -0.05) is 0 Å². The quantitative estimate of drug-likeness (QED) is 0.654. The Morgan fingerprint density at radius 3 is 2.72 bits per heavy atom. The van der Waals surface area contributed by atoms with Crippen LogP contribution in [-0.4, -0.2) is 5.78 Å². The predicted molar refractivity (Wildman–Crippen MR) is 77.2 cm³/mol. The number of nitrogens with one attached hydrogen (secondary N) is 1. The number of ketones is 1. The fourth-order valence-electron chi connectivity index (χ4n) is 1.74. The van der Waals surface area contributed by atoms with E-state index < -0.39 is 0 Å². The Morgan fingerprint density at radius 1 is 1.33 bits per heavy atom. The molecular formula is C14H16N2OS. The standard InChI is InChI=1S/C14H16N2OS/c1-9-3-5-12(18-9)8-16-11-4-6-14(15)13(7-11)10(2)17/h3-7,16H,8,15H2,1-2H3. The van der Waals surface area contributed by atoms with Gasteiger partial charge in [0.15, 0.2) is 5.78 Å². The molecule has 0 atom stereocenters. The van der Waals surface area contributed by atoms with Crippen molar-refractivity contribution in [2.45, 2.75) is 20.4 Å². The maximum absolute atomic E-state index is 11.4. The number of hydrogen-bond donors (Lipinski definition) is 2. The van der Waals surface area contributed by atoms with E-state index in [-0.39, 0.29) is 5.78 Å². The number of benzene rings is 1. The third-order valence-corrected chi connectivity index (χ3v) is 3.70. The SMILES string of the molecule is CC(=O)c1cc(NCc2ccc(C)s2)ccc1N. The first-order valence-electron chi connectivity index (χ1n) is 5.76. The van der Waals surface area contributed by atoms with Crippen LogP contribution in [0.25, 0.3) is 0 Å². The number of aryl methyl sites for hydroxylation is 1. The minimum absolute atomic E-state index is 0.0110. The monoisotopic (exact) mass is 260 g/mol. The van der Waals surface area contributed by atoms with Crippen molar-refractivity contribution < 1.29 is 4.79 Å². The van der Waals surface area contributed by atoms with Crippen molar-refractivity contribution in [1.29, 1.82) is 0 Å². The van der Waals surface area contributed by atoms with Crippen LogP contribution >= 0.6 is 11.3 Å². The Hall–Kier alpha value is -1.81. The number of nitrogen functional groups attached to an aromatic ring is 1. The molecule has 0 radical (unpaired) electrons. The number of nitrogens with two attached hydrogens (primary N) is 1. The van der Waals surface area contributed by atoms with E-state index in [1.165, 1.54) is 16.7 Å². The molecule has 0 aliphatic rings. The van der Waals surface area contributed by atoms with E-state index in [1.807, 2.05) is 6.07 Å². The minimum Gasteiger partial charge on any atom is -0.398 e. The molecule has 0 unspecified atom stereocenters. The summed E-state index contributed by atoms with van der Waals surface area (Å²) in [5, 5.41) is 3.30. The van der Waals surface area contributed by atoms with E-state index in [0.717, 1.165) is 12.2 Å². The molecule has 0 bridgehead atoms. The van der Waals surface area contributed by atoms with Crippen molar-refractivity contribution in [3.8, 4) is 0 Å². The number of hydrogen-bond acceptors (Lipinski definition) is 4. The van der Waals surface area contributed by atoms with Crippen molar-refractivity contribution in [2.75, 3.05) is 11.1 Å². The van der Waals surface area contributed by atoms with Crippen molar-refractivity contribution in [1.82, 2.24) is 0 Å². The molecule has 94 valence electrons. The lowest BCUT2D eigenvalue weighted by atomic mass is 10.1. The van der Waals surface area contributed by atoms with E-state index in [0.29, 0.717) is 11.3 Å². The van der Waals surface area contributed by atoms with Crippen LogP contribution in [0.2, 0.25) is 0 Å². The lowest BCUT2D eigenvalue weighted by Crippen LogP contribution is -2.03. The Labute approximate surface area is 111 Å². The summed E-state index contributed by atoms with van der Waals surface area (Å²) in [6, 6.07) is 9.67. The average Bonchev–Trinajstić information content (AvgIpc) is 2.74. The third kappa shape index (κ3) is 2.90. The summed E-state index contributed by atoms with van der Waals surface area (Å²) in [7, 11) is 0. The zero-order chi connectivity index (χ0) is 13.1. The molecule has 0 fully saturated rings. The van der Waals surface area contributed by atoms with Crippen LogP contribution < -0.4 is 11.1 Å². The molecule has 1 aromatic carbocycles. The highest BCUT2D eigenvalue weighted by molar-refractivity contribution is 7.11. The van der Waals surface area contributed by atoms with Crippen LogP contribution in [0.5, 0.6) is 0 Å². The highest BCUT2D eigenvalue weighted by atomic mass is 32.1. The molecule has 2 aromatic rings. The Bertz CT molecular complexity index is 575. The molecule has 1 heterocycles. The van der Waals surface area contributed by atoms with Gasteiger partial charge in [-0.2, -0.15) is 0 Å². The van der Waals surface area contributed by atoms with Crippen LogP contribution in [0.15, 0.2) is 30.3 Å². The number of rotatable bonds is 4. The molecule has 0 aliphatic carbocycles. The van der Waals surface area contributed by atoms with Gasteiger partial charge >= 0.3 is 0 Å². The number of carbonyl (C=O) groups is 1. The average molecular weight is 260 g/mol. The van der Waals surface area contributed by atoms with Gasteiger partial charge in [0.1, 0.15) is 0 Å². The largest absolute Gasteiger partial charge is 0.398 e. The normalized spacial score (nSPS) is 10.3. The predicted octanol–water partition coefficient (Wildman–Crippen LogP) is 3.45. The maximum atomic E-state index is 11.4. The number of Topliss-reactive ketones (excluding diaryl/α,β-unsaturated/α-hetero) is 1. The molecule has 0 aliphatic heterocycles. The van der Waals surface area contributed by atoms with Gasteiger partial charge in [-0.25, -0.2) is 0 Å². The summed E-state index contributed by atoms with van der Waals surface area (Å²) in [6.45, 7) is 4.38. The van der Waals surface area contributed by atoms with Gasteiger partial charge in [-0.05, 0) is 44.2 Å². The first-order chi connectivity index (χ1) is 8.56. The van der Waals surface area contributed by atoms with Crippen LogP contribution in [0.4, 0.5) is 11.4 Å². The molecule has 3 N–H and O–H groups in total. The van der Waals surface area contributed by atoms with E-state index >= 15 is 0 Å². The molecular weight excluding hydrogens is 244 g/mol. The lowest BCUT2D eigenvalue weighted by Gasteiger charge is -2.08. The first-order valence-corrected chi connectivity index (χ1v) is 6.57. The molecule has 18 heavy (non-hydrogen) atoms. The van der Waals surface area contributed by atoms with Crippen molar-refractivity contribution in [3.63, 3.8) is 0 Å². The van der Waals surface area contributed by atoms with Gasteiger partial charge in [0, 0.05) is 33.2 Å². The second kappa shape index (κ2) is 5.23. The van der Waals surface area contributed by atoms with Crippen molar-refractivity contribution in [2.24, 2.45) is 0 Å². The number of anilines is 2. The van der Waals surface area contributed by atoms with Crippen LogP contribution in [0, 0.1) is 6.92 Å². The maximum Gasteiger partial charge on any atom is 0.161 e. The van der Waals surface area contributed by atoms with Gasteiger partial charge in [-0.3, -0.25) is 4.79 Å². The van der Waals surface area contributed by atoms with Gasteiger partial charge in [0.05, 0.1) is 0 Å². The van der Waals surface area contributed by atoms with Crippen molar-refractivity contribution in [3.05, 3.63) is 45.6 Å². The molecule has 0 saturated carbocycles. The molecule has 0 spiro atoms. The molecule has 2 rings (SSSR count). The second-order valence-electron chi connectivity index (χ2n) is 4.22. The molecule has 0 amide bonds. The summed E-state index contributed by atoms with van der Waals surface area (Å²) in [6.07, 6.45) is 0. The van der Waals surface area contributed by atoms with Crippen molar-refractivity contribution >= 4 is 28.5 Å². The Morgan fingerprint density at radius 2 is 2.11 bits per heavy atom. The van der Waals surface area contributed by atoms with Gasteiger partial charge in [0.25, 0.3) is 0 Å². The summed E-state index contributed by atoms with van der Waals surface area (Å²) in [5.74, 6) is -0.0110. The highest BCUT2D eigenvalue weighted by Gasteiger charge is 2.05. The molecule has 3 nitrogen and oxygen atoms in total. The van der Waals surface area contributed by atoms with Crippen LogP contribution in [0.3, 0.4) is 0 Å². The lowest BCUT2D eigenvalue weighted by molar-refractivity contribution is 0.101. The van der Waals surface area contributed by atoms with Gasteiger partial charge in [-0.15, -0.1) is 11.3 Å². The summed E-state index contributed by atoms with van der Waals surface area (Å²) in [4.78, 5) is 14.0. The van der Waals surface area contributed by atoms with Gasteiger partial charge in [0.2, 0.25) is 0 Å². The first kappa shape index (κ1) is 12.6. The highest BCUT2D eigenvalue weighted by Crippen LogP contribution is 2.20. The van der Waals surface area contributed by atoms with Crippen LogP contribution in [0.1, 0.15) is 27.0 Å². The summed E-state index contributed by atoms with van der Waals surface area (Å²) >= 11 is 1.77. The zero-order valence-electron chi connectivity index (χ0n) is 10.5. The van der Waals surface area contributed by atoms with E-state index in [1.54, 1.807) is 23.5 Å². The van der Waals surface area contributed by atoms with E-state index in [9.17, 15) is 4.79 Å². The third-order valence-electron chi connectivity index (χ3n) is 2.70. The van der Waals surface area contributed by atoms with Gasteiger partial charge < -0.3 is 11.1 Å². The molecule has 1 aromatic heterocycles. The number of thiophene rings is 1. The second-order valence-corrected chi connectivity index (χ2v) is 5.60. The smallest absolute Gasteiger partial charge is 0.161 e. The fraction of sp³-hybridized carbons (Fsp3) is 0.214. The topological polar surface area (TPSA) is 55.1 Å². The van der Waals surface area contributed by atoms with E-state index in [2.05, 4.69) is 24.4 Å². The fourth-order valence-corrected chi connectivity index (χ4v) is 2.57. The van der Waals surface area contributed by atoms with E-state index in [4.69, 9.17) is 5.73 Å². The Kier molecular flexibility index (Phi) is 3.67. The summed E-state index contributed by atoms with van der Waals surface area (Å²) in [5.41, 5.74) is 7.77.